The van der Waals surface area contributed by atoms with Gasteiger partial charge in [0, 0.05) is 41.9 Å². The molecule has 5 rings (SSSR count). The number of carbonyl (C=O) groups excluding carboxylic acids is 1. The molecule has 160 valence electrons. The molecule has 31 heavy (non-hydrogen) atoms. The first-order valence-electron chi connectivity index (χ1n) is 10.4. The zero-order valence-corrected chi connectivity index (χ0v) is 17.6. The van der Waals surface area contributed by atoms with Gasteiger partial charge in [0.15, 0.2) is 0 Å². The van der Waals surface area contributed by atoms with Crippen LogP contribution in [0.2, 0.25) is 0 Å². The van der Waals surface area contributed by atoms with Crippen LogP contribution in [0.3, 0.4) is 0 Å². The summed E-state index contributed by atoms with van der Waals surface area (Å²) in [6.45, 7) is 4.60. The van der Waals surface area contributed by atoms with Crippen molar-refractivity contribution in [1.82, 2.24) is 9.97 Å². The van der Waals surface area contributed by atoms with Gasteiger partial charge in [-0.1, -0.05) is 0 Å². The Morgan fingerprint density at radius 1 is 1.19 bits per heavy atom. The number of pyridine rings is 2. The number of benzene rings is 1. The second kappa shape index (κ2) is 7.70. The van der Waals surface area contributed by atoms with E-state index >= 15 is 0 Å². The van der Waals surface area contributed by atoms with E-state index < -0.39 is 0 Å². The fourth-order valence-corrected chi connectivity index (χ4v) is 4.35. The highest BCUT2D eigenvalue weighted by Crippen LogP contribution is 2.32. The Bertz CT molecular complexity index is 1240. The van der Waals surface area contributed by atoms with Gasteiger partial charge >= 0.3 is 0 Å². The maximum absolute atomic E-state index is 13.3. The van der Waals surface area contributed by atoms with E-state index in [1.54, 1.807) is 6.07 Å². The minimum Gasteiger partial charge on any atom is -0.494 e. The number of rotatable bonds is 4. The average Bonchev–Trinajstić information content (AvgIpc) is 3.44. The first kappa shape index (κ1) is 19.6. The molecule has 0 atom stereocenters. The van der Waals surface area contributed by atoms with Gasteiger partial charge in [0.25, 0.3) is 5.91 Å². The van der Waals surface area contributed by atoms with E-state index in [9.17, 15) is 9.59 Å². The molecule has 0 spiro atoms. The monoisotopic (exact) mass is 420 g/mol. The van der Waals surface area contributed by atoms with Crippen LogP contribution in [-0.2, 0) is 18.0 Å². The lowest BCUT2D eigenvalue weighted by Gasteiger charge is -2.21. The van der Waals surface area contributed by atoms with E-state index in [2.05, 4.69) is 15.2 Å². The lowest BCUT2D eigenvalue weighted by atomic mass is 10.1. The first-order chi connectivity index (χ1) is 15.0. The third-order valence-electron chi connectivity index (χ3n) is 5.92. The normalized spacial score (nSPS) is 15.4. The Morgan fingerprint density at radius 2 is 2.00 bits per heavy atom. The number of methoxy groups -OCH3 is 1. The smallest absolute Gasteiger partial charge is 0.259 e. The van der Waals surface area contributed by atoms with Crippen molar-refractivity contribution >= 4 is 28.3 Å². The molecule has 0 saturated carbocycles. The zero-order valence-electron chi connectivity index (χ0n) is 17.6. The summed E-state index contributed by atoms with van der Waals surface area (Å²) in [6, 6.07) is 7.00. The molecule has 8 heteroatoms. The maximum Gasteiger partial charge on any atom is 0.259 e. The lowest BCUT2D eigenvalue weighted by Crippen LogP contribution is -2.25. The molecule has 4 heterocycles. The number of aromatic amines is 1. The predicted octanol–water partition coefficient (Wildman–Crippen LogP) is 3.12. The van der Waals surface area contributed by atoms with Crippen molar-refractivity contribution < 1.29 is 14.3 Å². The number of aryl methyl sites for hydroxylation is 1. The Kier molecular flexibility index (Phi) is 4.86. The molecule has 1 aromatic carbocycles. The van der Waals surface area contributed by atoms with Gasteiger partial charge in [-0.05, 0) is 37.5 Å². The number of amides is 1. The predicted molar refractivity (Wildman–Crippen MR) is 118 cm³/mol. The number of H-pyrrole nitrogens is 1. The molecular formula is C23H24N4O4. The van der Waals surface area contributed by atoms with E-state index in [1.807, 2.05) is 19.1 Å². The van der Waals surface area contributed by atoms with Crippen LogP contribution in [0.15, 0.2) is 29.1 Å². The fourth-order valence-electron chi connectivity index (χ4n) is 4.35. The topological polar surface area (TPSA) is 96.5 Å². The minimum atomic E-state index is -0.229. The summed E-state index contributed by atoms with van der Waals surface area (Å²) < 4.78 is 11.0. The highest BCUT2D eigenvalue weighted by Gasteiger charge is 2.26. The lowest BCUT2D eigenvalue weighted by molar-refractivity contribution is 0.102. The van der Waals surface area contributed by atoms with Gasteiger partial charge in [0.05, 0.1) is 37.1 Å². The van der Waals surface area contributed by atoms with Gasteiger partial charge in [-0.15, -0.1) is 0 Å². The average molecular weight is 420 g/mol. The van der Waals surface area contributed by atoms with E-state index in [0.717, 1.165) is 48.1 Å². The van der Waals surface area contributed by atoms with Gasteiger partial charge in [-0.2, -0.15) is 0 Å². The molecule has 0 aliphatic carbocycles. The van der Waals surface area contributed by atoms with Crippen LogP contribution in [0.25, 0.3) is 10.9 Å². The van der Waals surface area contributed by atoms with E-state index in [4.69, 9.17) is 14.5 Å². The number of hydrogen-bond acceptors (Lipinski definition) is 6. The number of carbonyl (C=O) groups is 1. The third-order valence-corrected chi connectivity index (χ3v) is 5.92. The highest BCUT2D eigenvalue weighted by atomic mass is 16.5. The van der Waals surface area contributed by atoms with Crippen molar-refractivity contribution in [3.8, 4) is 5.75 Å². The number of fused-ring (bicyclic) bond motifs is 2. The van der Waals surface area contributed by atoms with Crippen molar-refractivity contribution in [3.63, 3.8) is 0 Å². The summed E-state index contributed by atoms with van der Waals surface area (Å²) in [5.74, 6) is 0.981. The minimum absolute atomic E-state index is 0.193. The third kappa shape index (κ3) is 3.53. The second-order valence-corrected chi connectivity index (χ2v) is 8.02. The molecule has 2 aliphatic heterocycles. The first-order valence-corrected chi connectivity index (χ1v) is 10.4. The second-order valence-electron chi connectivity index (χ2n) is 8.02. The Labute approximate surface area is 179 Å². The van der Waals surface area contributed by atoms with Crippen molar-refractivity contribution in [2.75, 3.05) is 30.4 Å². The standard InChI is InChI=1S/C23H24N4O4/c1-13-7-20(28)26-21-16(13)9-15(10-19(21)30-2)24-23(29)17-8-14-11-31-12-18(14)25-22(17)27-5-3-4-6-27/h7-10H,3-6,11-12H2,1-2H3,(H,24,29)(H,26,28). The Balaban J connectivity index is 1.55. The molecule has 1 saturated heterocycles. The summed E-state index contributed by atoms with van der Waals surface area (Å²) in [6.07, 6.45) is 2.19. The van der Waals surface area contributed by atoms with Gasteiger partial charge in [-0.3, -0.25) is 9.59 Å². The number of ether oxygens (including phenoxy) is 2. The van der Waals surface area contributed by atoms with Crippen LogP contribution in [0.5, 0.6) is 5.75 Å². The summed E-state index contributed by atoms with van der Waals surface area (Å²) in [5, 5.41) is 3.82. The molecule has 2 N–H and O–H groups in total. The van der Waals surface area contributed by atoms with Gasteiger partial charge < -0.3 is 24.7 Å². The fraction of sp³-hybridized carbons (Fsp3) is 0.348. The molecule has 0 unspecified atom stereocenters. The summed E-state index contributed by atoms with van der Waals surface area (Å²) in [7, 11) is 1.54. The summed E-state index contributed by atoms with van der Waals surface area (Å²) in [5.41, 5.74) is 4.23. The van der Waals surface area contributed by atoms with Crippen LogP contribution in [-0.4, -0.2) is 36.1 Å². The number of nitrogens with zero attached hydrogens (tertiary/aromatic N) is 2. The molecule has 2 aromatic heterocycles. The molecule has 3 aromatic rings. The zero-order chi connectivity index (χ0) is 21.5. The SMILES string of the molecule is COc1cc(NC(=O)c2cc3c(nc2N2CCCC2)COC3)cc2c(C)cc(=O)[nH]c12. The Hall–Kier alpha value is -3.39. The van der Waals surface area contributed by atoms with Crippen LogP contribution in [0, 0.1) is 6.92 Å². The van der Waals surface area contributed by atoms with Gasteiger partial charge in [-0.25, -0.2) is 4.98 Å². The molecule has 1 amide bonds. The van der Waals surface area contributed by atoms with Crippen molar-refractivity contribution in [1.29, 1.82) is 0 Å². The van der Waals surface area contributed by atoms with Crippen LogP contribution < -0.4 is 20.5 Å². The summed E-state index contributed by atoms with van der Waals surface area (Å²) in [4.78, 5) is 35.0. The van der Waals surface area contributed by atoms with Crippen LogP contribution >= 0.6 is 0 Å². The van der Waals surface area contributed by atoms with Crippen LogP contribution in [0.4, 0.5) is 11.5 Å². The molecule has 2 aliphatic rings. The van der Waals surface area contributed by atoms with Crippen molar-refractivity contribution in [2.45, 2.75) is 33.0 Å². The number of hydrogen-bond donors (Lipinski definition) is 2. The van der Waals surface area contributed by atoms with Gasteiger partial charge in [0.1, 0.15) is 11.6 Å². The molecule has 8 nitrogen and oxygen atoms in total. The maximum atomic E-state index is 13.3. The van der Waals surface area contributed by atoms with Crippen molar-refractivity contribution in [2.24, 2.45) is 0 Å². The number of nitrogens with one attached hydrogen (secondary N) is 2. The molecular weight excluding hydrogens is 396 g/mol. The van der Waals surface area contributed by atoms with Crippen molar-refractivity contribution in [3.05, 3.63) is 57.0 Å². The molecule has 0 bridgehead atoms. The Morgan fingerprint density at radius 3 is 2.77 bits per heavy atom. The number of aromatic nitrogens is 2. The van der Waals surface area contributed by atoms with Crippen LogP contribution in [0.1, 0.15) is 40.0 Å². The number of anilines is 2. The van der Waals surface area contributed by atoms with Gasteiger partial charge in [0.2, 0.25) is 5.56 Å². The van der Waals surface area contributed by atoms with E-state index in [0.29, 0.717) is 41.5 Å². The highest BCUT2D eigenvalue weighted by molar-refractivity contribution is 6.09. The molecule has 1 fully saturated rings. The molecule has 0 radical (unpaired) electrons. The quantitative estimate of drug-likeness (QED) is 0.673. The van der Waals surface area contributed by atoms with E-state index in [-0.39, 0.29) is 11.5 Å². The van der Waals surface area contributed by atoms with E-state index in [1.165, 1.54) is 13.2 Å². The largest absolute Gasteiger partial charge is 0.494 e. The summed E-state index contributed by atoms with van der Waals surface area (Å²) >= 11 is 0.